The molecule has 0 unspecified atom stereocenters. The van der Waals surface area contributed by atoms with Crippen molar-refractivity contribution in [2.24, 2.45) is 5.92 Å². The molecule has 0 aliphatic carbocycles. The van der Waals surface area contributed by atoms with Gasteiger partial charge in [0.1, 0.15) is 0 Å². The third-order valence-electron chi connectivity index (χ3n) is 4.38. The number of piperidine rings is 1. The van der Waals surface area contributed by atoms with E-state index in [0.29, 0.717) is 16.6 Å². The molecule has 0 aromatic heterocycles. The van der Waals surface area contributed by atoms with Crippen molar-refractivity contribution in [1.82, 2.24) is 10.2 Å². The molecule has 1 aromatic rings. The number of rotatable bonds is 5. The van der Waals surface area contributed by atoms with Gasteiger partial charge < -0.3 is 15.3 Å². The first kappa shape index (κ1) is 17.8. The second-order valence-electron chi connectivity index (χ2n) is 6.21. The van der Waals surface area contributed by atoms with E-state index in [0.717, 1.165) is 25.9 Å². The highest BCUT2D eigenvalue weighted by atomic mass is 35.5. The fourth-order valence-electron chi connectivity index (χ4n) is 2.92. The number of likely N-dealkylation sites (tertiary alicyclic amines) is 1. The Bertz CT molecular complexity index is 569. The number of carboxylic acids is 1. The van der Waals surface area contributed by atoms with Crippen LogP contribution in [0, 0.1) is 5.92 Å². The van der Waals surface area contributed by atoms with Crippen LogP contribution >= 0.6 is 11.6 Å². The summed E-state index contributed by atoms with van der Waals surface area (Å²) in [6.07, 6.45) is 1.50. The van der Waals surface area contributed by atoms with Crippen LogP contribution in [0.25, 0.3) is 0 Å². The number of carbonyl (C=O) groups excluding carboxylic acids is 1. The van der Waals surface area contributed by atoms with E-state index < -0.39 is 12.0 Å². The summed E-state index contributed by atoms with van der Waals surface area (Å²) < 4.78 is 0. The van der Waals surface area contributed by atoms with E-state index in [4.69, 9.17) is 11.6 Å². The van der Waals surface area contributed by atoms with Gasteiger partial charge in [0.15, 0.2) is 6.04 Å². The first-order valence-electron chi connectivity index (χ1n) is 7.91. The Labute approximate surface area is 141 Å². The predicted molar refractivity (Wildman–Crippen MR) is 89.4 cm³/mol. The molecular formula is C17H23ClN2O3. The number of carboxylic acid groups (broad SMARTS) is 1. The summed E-state index contributed by atoms with van der Waals surface area (Å²) >= 11 is 6.06. The van der Waals surface area contributed by atoms with Crippen LogP contribution in [0.3, 0.4) is 0 Å². The Morgan fingerprint density at radius 1 is 1.26 bits per heavy atom. The topological polar surface area (TPSA) is 69.6 Å². The van der Waals surface area contributed by atoms with Crippen molar-refractivity contribution < 1.29 is 14.7 Å². The van der Waals surface area contributed by atoms with Crippen LogP contribution in [0.15, 0.2) is 24.3 Å². The number of hydrogen-bond acceptors (Lipinski definition) is 3. The van der Waals surface area contributed by atoms with Crippen LogP contribution in [0.5, 0.6) is 0 Å². The van der Waals surface area contributed by atoms with Gasteiger partial charge in [0.05, 0.1) is 0 Å². The molecule has 1 fully saturated rings. The lowest BCUT2D eigenvalue weighted by molar-refractivity contribution is -0.143. The second-order valence-corrected chi connectivity index (χ2v) is 6.61. The Hall–Kier alpha value is -1.59. The van der Waals surface area contributed by atoms with Crippen LogP contribution in [0.1, 0.15) is 38.3 Å². The van der Waals surface area contributed by atoms with Crippen molar-refractivity contribution in [3.8, 4) is 0 Å². The van der Waals surface area contributed by atoms with Gasteiger partial charge in [0, 0.05) is 22.5 Å². The first-order valence-corrected chi connectivity index (χ1v) is 8.29. The number of carbonyl (C=O) groups is 2. The van der Waals surface area contributed by atoms with Crippen LogP contribution in [-0.2, 0) is 9.59 Å². The molecule has 23 heavy (non-hydrogen) atoms. The van der Waals surface area contributed by atoms with Gasteiger partial charge in [-0.05, 0) is 45.8 Å². The standard InChI is InChI=1S/C17H23ClN2O3/c1-11(2)20-9-7-12(8-10-20)16(21)19-15(17(22)23)13-5-3-4-6-14(13)18/h3-6,11-12,15H,7-10H2,1-2H3,(H,19,21)(H,22,23)/t15-/m1/s1. The zero-order valence-electron chi connectivity index (χ0n) is 13.5. The smallest absolute Gasteiger partial charge is 0.330 e. The number of nitrogens with one attached hydrogen (secondary N) is 1. The average molecular weight is 339 g/mol. The fraction of sp³-hybridized carbons (Fsp3) is 0.529. The van der Waals surface area contributed by atoms with Crippen molar-refractivity contribution in [3.05, 3.63) is 34.9 Å². The minimum atomic E-state index is -1.11. The van der Waals surface area contributed by atoms with E-state index in [2.05, 4.69) is 24.1 Å². The van der Waals surface area contributed by atoms with Gasteiger partial charge in [-0.2, -0.15) is 0 Å². The third-order valence-corrected chi connectivity index (χ3v) is 4.72. The summed E-state index contributed by atoms with van der Waals surface area (Å²) in [5.41, 5.74) is 0.412. The van der Waals surface area contributed by atoms with Crippen molar-refractivity contribution >= 4 is 23.5 Å². The van der Waals surface area contributed by atoms with Crippen LogP contribution in [0.4, 0.5) is 0 Å². The Morgan fingerprint density at radius 3 is 2.39 bits per heavy atom. The van der Waals surface area contributed by atoms with E-state index in [1.807, 2.05) is 0 Å². The van der Waals surface area contributed by atoms with Gasteiger partial charge in [-0.1, -0.05) is 29.8 Å². The molecule has 1 aliphatic heterocycles. The van der Waals surface area contributed by atoms with Crippen molar-refractivity contribution in [1.29, 1.82) is 0 Å². The van der Waals surface area contributed by atoms with E-state index in [1.54, 1.807) is 24.3 Å². The summed E-state index contributed by atoms with van der Waals surface area (Å²) in [4.78, 5) is 26.3. The second kappa shape index (κ2) is 7.79. The fourth-order valence-corrected chi connectivity index (χ4v) is 3.16. The molecule has 1 heterocycles. The number of hydrogen-bond donors (Lipinski definition) is 2. The third kappa shape index (κ3) is 4.45. The van der Waals surface area contributed by atoms with E-state index >= 15 is 0 Å². The number of aliphatic carboxylic acids is 1. The molecule has 1 atom stereocenters. The maximum atomic E-state index is 12.4. The Kier molecular flexibility index (Phi) is 6.02. The molecule has 0 bridgehead atoms. The molecule has 0 spiro atoms. The molecule has 5 nitrogen and oxygen atoms in total. The Morgan fingerprint density at radius 2 is 1.87 bits per heavy atom. The monoisotopic (exact) mass is 338 g/mol. The number of nitrogens with zero attached hydrogens (tertiary/aromatic N) is 1. The molecule has 0 saturated carbocycles. The summed E-state index contributed by atoms with van der Waals surface area (Å²) in [5, 5.41) is 12.4. The van der Waals surface area contributed by atoms with Crippen LogP contribution < -0.4 is 5.32 Å². The van der Waals surface area contributed by atoms with Gasteiger partial charge in [-0.3, -0.25) is 4.79 Å². The zero-order valence-corrected chi connectivity index (χ0v) is 14.2. The maximum absolute atomic E-state index is 12.4. The highest BCUT2D eigenvalue weighted by molar-refractivity contribution is 6.31. The molecule has 1 saturated heterocycles. The summed E-state index contributed by atoms with van der Waals surface area (Å²) in [5.74, 6) is -1.46. The molecule has 0 radical (unpaired) electrons. The molecule has 6 heteroatoms. The highest BCUT2D eigenvalue weighted by Crippen LogP contribution is 2.25. The Balaban J connectivity index is 2.03. The summed E-state index contributed by atoms with van der Waals surface area (Å²) in [6.45, 7) is 6.00. The van der Waals surface area contributed by atoms with Crippen molar-refractivity contribution in [2.45, 2.75) is 38.8 Å². The van der Waals surface area contributed by atoms with Gasteiger partial charge in [0.2, 0.25) is 5.91 Å². The van der Waals surface area contributed by atoms with Crippen molar-refractivity contribution in [2.75, 3.05) is 13.1 Å². The quantitative estimate of drug-likeness (QED) is 0.866. The van der Waals surface area contributed by atoms with Gasteiger partial charge in [-0.25, -0.2) is 4.79 Å². The van der Waals surface area contributed by atoms with Gasteiger partial charge >= 0.3 is 5.97 Å². The number of benzene rings is 1. The lowest BCUT2D eigenvalue weighted by Crippen LogP contribution is -2.44. The lowest BCUT2D eigenvalue weighted by atomic mass is 9.94. The predicted octanol–water partition coefficient (Wildman–Crippen LogP) is 2.70. The summed E-state index contributed by atoms with van der Waals surface area (Å²) in [6, 6.07) is 6.05. The highest BCUT2D eigenvalue weighted by Gasteiger charge is 2.30. The zero-order chi connectivity index (χ0) is 17.0. The molecular weight excluding hydrogens is 316 g/mol. The van der Waals surface area contributed by atoms with E-state index in [1.165, 1.54) is 0 Å². The maximum Gasteiger partial charge on any atom is 0.330 e. The SMILES string of the molecule is CC(C)N1CCC(C(=O)N[C@@H](C(=O)O)c2ccccc2Cl)CC1. The number of halogens is 1. The molecule has 1 aliphatic rings. The minimum Gasteiger partial charge on any atom is -0.479 e. The van der Waals surface area contributed by atoms with Gasteiger partial charge in [0.25, 0.3) is 0 Å². The molecule has 126 valence electrons. The normalized spacial score (nSPS) is 17.9. The summed E-state index contributed by atoms with van der Waals surface area (Å²) in [7, 11) is 0. The first-order chi connectivity index (χ1) is 10.9. The van der Waals surface area contributed by atoms with Crippen molar-refractivity contribution in [3.63, 3.8) is 0 Å². The van der Waals surface area contributed by atoms with E-state index in [9.17, 15) is 14.7 Å². The van der Waals surface area contributed by atoms with Crippen LogP contribution in [-0.4, -0.2) is 41.0 Å². The lowest BCUT2D eigenvalue weighted by Gasteiger charge is -2.34. The van der Waals surface area contributed by atoms with Crippen LogP contribution in [0.2, 0.25) is 5.02 Å². The molecule has 1 amide bonds. The van der Waals surface area contributed by atoms with E-state index in [-0.39, 0.29) is 11.8 Å². The molecule has 2 N–H and O–H groups in total. The molecule has 2 rings (SSSR count). The largest absolute Gasteiger partial charge is 0.479 e. The minimum absolute atomic E-state index is 0.144. The average Bonchev–Trinajstić information content (AvgIpc) is 2.53. The van der Waals surface area contributed by atoms with Gasteiger partial charge in [-0.15, -0.1) is 0 Å². The molecule has 1 aromatic carbocycles. The number of amides is 1.